The first-order valence-electron chi connectivity index (χ1n) is 4.61. The number of phenols is 1. The van der Waals surface area contributed by atoms with E-state index >= 15 is 0 Å². The average Bonchev–Trinajstić information content (AvgIpc) is 2.66. The molecule has 2 aromatic heterocycles. The van der Waals surface area contributed by atoms with Gasteiger partial charge >= 0.3 is 0 Å². The molecule has 3 nitrogen and oxygen atoms in total. The van der Waals surface area contributed by atoms with Crippen LogP contribution < -0.4 is 0 Å². The van der Waals surface area contributed by atoms with Crippen molar-refractivity contribution in [2.24, 2.45) is 0 Å². The molecule has 0 radical (unpaired) electrons. The third kappa shape index (κ3) is 1.28. The lowest BCUT2D eigenvalue weighted by Crippen LogP contribution is -1.75. The Morgan fingerprint density at radius 2 is 2.12 bits per heavy atom. The number of nitrogens with zero attached hydrogens (tertiary/aromatic N) is 1. The fourth-order valence-electron chi connectivity index (χ4n) is 1.83. The molecule has 2 heterocycles. The molecule has 0 aliphatic heterocycles. The fraction of sp³-hybridized carbons (Fsp3) is 0. The maximum Gasteiger partial charge on any atom is 0.131 e. The Balaban J connectivity index is 2.66. The van der Waals surface area contributed by atoms with Gasteiger partial charge in [0.15, 0.2) is 0 Å². The molecular weight excluding hydrogens is 336 g/mol. The quantitative estimate of drug-likeness (QED) is 0.650. The van der Waals surface area contributed by atoms with E-state index in [-0.39, 0.29) is 5.75 Å². The van der Waals surface area contributed by atoms with Gasteiger partial charge in [0.1, 0.15) is 5.75 Å². The number of rotatable bonds is 0. The molecule has 5 heteroatoms. The third-order valence-corrected chi connectivity index (χ3v) is 3.97. The zero-order chi connectivity index (χ0) is 11.3. The summed E-state index contributed by atoms with van der Waals surface area (Å²) in [5.74, 6) is 0.220. The number of nitrogens with one attached hydrogen (secondary N) is 1. The highest BCUT2D eigenvalue weighted by Crippen LogP contribution is 2.40. The molecule has 0 amide bonds. The molecule has 0 spiro atoms. The van der Waals surface area contributed by atoms with Crippen LogP contribution in [-0.2, 0) is 0 Å². The van der Waals surface area contributed by atoms with Crippen LogP contribution in [0.1, 0.15) is 0 Å². The molecule has 0 unspecified atom stereocenters. The highest BCUT2D eigenvalue weighted by Gasteiger charge is 2.13. The maximum atomic E-state index is 9.77. The number of phenolic OH excluding ortho intramolecular Hbond substituents is 1. The van der Waals surface area contributed by atoms with E-state index in [1.165, 1.54) is 0 Å². The fourth-order valence-corrected chi connectivity index (χ4v) is 2.88. The number of hydrogen-bond acceptors (Lipinski definition) is 2. The highest BCUT2D eigenvalue weighted by molar-refractivity contribution is 9.11. The number of halogens is 2. The molecule has 0 bridgehead atoms. The number of hydrogen-bond donors (Lipinski definition) is 2. The van der Waals surface area contributed by atoms with Crippen LogP contribution in [0, 0.1) is 0 Å². The molecular formula is C11H6Br2N2O. The summed E-state index contributed by atoms with van der Waals surface area (Å²) in [6.07, 6.45) is 3.51. The van der Waals surface area contributed by atoms with E-state index < -0.39 is 0 Å². The first-order valence-corrected chi connectivity index (χ1v) is 6.19. The van der Waals surface area contributed by atoms with Gasteiger partial charge < -0.3 is 10.1 Å². The standard InChI is InChI=1S/C11H6Br2N2O/c12-6-3-8(16)10(13)9-5-1-2-14-4-7(5)15-11(6)9/h1-4,15-16H. The van der Waals surface area contributed by atoms with Gasteiger partial charge in [-0.05, 0) is 44.0 Å². The molecule has 0 aliphatic rings. The highest BCUT2D eigenvalue weighted by atomic mass is 79.9. The lowest BCUT2D eigenvalue weighted by atomic mass is 10.2. The average molecular weight is 342 g/mol. The van der Waals surface area contributed by atoms with Crippen molar-refractivity contribution < 1.29 is 5.11 Å². The van der Waals surface area contributed by atoms with Gasteiger partial charge in [0.05, 0.1) is 21.7 Å². The van der Waals surface area contributed by atoms with Gasteiger partial charge in [-0.1, -0.05) is 0 Å². The number of aromatic hydroxyl groups is 1. The summed E-state index contributed by atoms with van der Waals surface area (Å²) in [6.45, 7) is 0. The van der Waals surface area contributed by atoms with Gasteiger partial charge in [-0.3, -0.25) is 4.98 Å². The Kier molecular flexibility index (Phi) is 2.19. The van der Waals surface area contributed by atoms with Gasteiger partial charge in [0.25, 0.3) is 0 Å². The molecule has 0 fully saturated rings. The SMILES string of the molecule is Oc1cc(Br)c2[nH]c3cnccc3c2c1Br. The minimum absolute atomic E-state index is 0.220. The monoisotopic (exact) mass is 340 g/mol. The molecule has 3 rings (SSSR count). The Hall–Kier alpha value is -1.07. The summed E-state index contributed by atoms with van der Waals surface area (Å²) in [7, 11) is 0. The summed E-state index contributed by atoms with van der Waals surface area (Å²) in [5.41, 5.74) is 1.90. The molecule has 1 aromatic carbocycles. The first kappa shape index (κ1) is 10.1. The lowest BCUT2D eigenvalue weighted by Gasteiger charge is -2.01. The summed E-state index contributed by atoms with van der Waals surface area (Å²) in [5, 5.41) is 11.8. The smallest absolute Gasteiger partial charge is 0.131 e. The second-order valence-corrected chi connectivity index (χ2v) is 5.14. The van der Waals surface area contributed by atoms with E-state index in [1.54, 1.807) is 18.5 Å². The zero-order valence-corrected chi connectivity index (χ0v) is 11.1. The zero-order valence-electron chi connectivity index (χ0n) is 7.96. The van der Waals surface area contributed by atoms with Crippen molar-refractivity contribution in [2.75, 3.05) is 0 Å². The number of pyridine rings is 1. The summed E-state index contributed by atoms with van der Waals surface area (Å²) >= 11 is 6.83. The number of aromatic amines is 1. The Morgan fingerprint density at radius 1 is 1.31 bits per heavy atom. The molecule has 0 aliphatic carbocycles. The van der Waals surface area contributed by atoms with E-state index in [0.717, 1.165) is 26.3 Å². The molecule has 0 atom stereocenters. The van der Waals surface area contributed by atoms with Crippen LogP contribution in [0.15, 0.2) is 33.5 Å². The summed E-state index contributed by atoms with van der Waals surface area (Å²) in [4.78, 5) is 7.33. The second-order valence-electron chi connectivity index (χ2n) is 3.49. The van der Waals surface area contributed by atoms with Crippen LogP contribution in [0.5, 0.6) is 5.75 Å². The van der Waals surface area contributed by atoms with E-state index in [2.05, 4.69) is 41.8 Å². The minimum atomic E-state index is 0.220. The predicted molar refractivity (Wildman–Crippen MR) is 70.7 cm³/mol. The van der Waals surface area contributed by atoms with Crippen LogP contribution in [0.4, 0.5) is 0 Å². The summed E-state index contributed by atoms with van der Waals surface area (Å²) < 4.78 is 1.53. The van der Waals surface area contributed by atoms with E-state index in [1.807, 2.05) is 6.07 Å². The van der Waals surface area contributed by atoms with E-state index in [9.17, 15) is 5.11 Å². The van der Waals surface area contributed by atoms with Crippen molar-refractivity contribution in [3.8, 4) is 5.75 Å². The van der Waals surface area contributed by atoms with Crippen molar-refractivity contribution >= 4 is 53.7 Å². The maximum absolute atomic E-state index is 9.77. The van der Waals surface area contributed by atoms with Crippen LogP contribution >= 0.6 is 31.9 Å². The predicted octanol–water partition coefficient (Wildman–Crippen LogP) is 3.95. The van der Waals surface area contributed by atoms with E-state index in [4.69, 9.17) is 0 Å². The molecule has 16 heavy (non-hydrogen) atoms. The van der Waals surface area contributed by atoms with Crippen LogP contribution in [0.25, 0.3) is 21.8 Å². The van der Waals surface area contributed by atoms with Crippen molar-refractivity contribution in [3.63, 3.8) is 0 Å². The Bertz CT molecular complexity index is 706. The van der Waals surface area contributed by atoms with Gasteiger partial charge in [-0.2, -0.15) is 0 Å². The largest absolute Gasteiger partial charge is 0.507 e. The van der Waals surface area contributed by atoms with Crippen LogP contribution in [0.3, 0.4) is 0 Å². The molecule has 80 valence electrons. The van der Waals surface area contributed by atoms with Crippen molar-refractivity contribution in [2.45, 2.75) is 0 Å². The minimum Gasteiger partial charge on any atom is -0.507 e. The van der Waals surface area contributed by atoms with Gasteiger partial charge in [-0.25, -0.2) is 0 Å². The lowest BCUT2D eigenvalue weighted by molar-refractivity contribution is 0.472. The molecule has 3 aromatic rings. The number of fused-ring (bicyclic) bond motifs is 3. The van der Waals surface area contributed by atoms with Crippen molar-refractivity contribution in [1.82, 2.24) is 9.97 Å². The Labute approximate surface area is 108 Å². The molecule has 0 saturated carbocycles. The van der Waals surface area contributed by atoms with Crippen LogP contribution in [0.2, 0.25) is 0 Å². The van der Waals surface area contributed by atoms with Gasteiger partial charge in [-0.15, -0.1) is 0 Å². The van der Waals surface area contributed by atoms with Gasteiger partial charge in [0.2, 0.25) is 0 Å². The van der Waals surface area contributed by atoms with Crippen LogP contribution in [-0.4, -0.2) is 15.1 Å². The van der Waals surface area contributed by atoms with Crippen molar-refractivity contribution in [3.05, 3.63) is 33.5 Å². The van der Waals surface area contributed by atoms with E-state index in [0.29, 0.717) is 4.47 Å². The third-order valence-electron chi connectivity index (χ3n) is 2.55. The number of benzene rings is 1. The first-order chi connectivity index (χ1) is 7.68. The molecule has 2 N–H and O–H groups in total. The second kappa shape index (κ2) is 3.46. The summed E-state index contributed by atoms with van der Waals surface area (Å²) in [6, 6.07) is 3.58. The normalized spacial score (nSPS) is 11.4. The number of H-pyrrole nitrogens is 1. The topological polar surface area (TPSA) is 48.9 Å². The Morgan fingerprint density at radius 3 is 2.94 bits per heavy atom. The number of aromatic nitrogens is 2. The molecule has 0 saturated heterocycles. The van der Waals surface area contributed by atoms with Gasteiger partial charge in [0, 0.05) is 21.4 Å². The van der Waals surface area contributed by atoms with Crippen molar-refractivity contribution in [1.29, 1.82) is 0 Å².